The van der Waals surface area contributed by atoms with Crippen LogP contribution in [0.1, 0.15) is 38.1 Å². The lowest BCUT2D eigenvalue weighted by molar-refractivity contribution is 0.0559. The highest BCUT2D eigenvalue weighted by atomic mass is 79.9. The van der Waals surface area contributed by atoms with Crippen LogP contribution in [0, 0.1) is 6.92 Å². The number of amides is 1. The van der Waals surface area contributed by atoms with Crippen LogP contribution < -0.4 is 5.32 Å². The molecule has 0 aromatic carbocycles. The van der Waals surface area contributed by atoms with Crippen molar-refractivity contribution in [1.82, 2.24) is 9.62 Å². The molecule has 1 aromatic rings. The Morgan fingerprint density at radius 1 is 1.54 bits per heavy atom. The molecule has 0 bridgehead atoms. The first kappa shape index (κ1) is 19.4. The summed E-state index contributed by atoms with van der Waals surface area (Å²) in [4.78, 5) is 17.8. The second-order valence-electron chi connectivity index (χ2n) is 6.86. The highest BCUT2D eigenvalue weighted by molar-refractivity contribution is 9.11. The molecule has 2 heterocycles. The molecular weight excluding hydrogens is 414 g/mol. The van der Waals surface area contributed by atoms with E-state index >= 15 is 0 Å². The van der Waals surface area contributed by atoms with Crippen molar-refractivity contribution in [2.45, 2.75) is 45.8 Å². The molecule has 0 radical (unpaired) electrons. The summed E-state index contributed by atoms with van der Waals surface area (Å²) in [6.07, 6.45) is -0.613. The van der Waals surface area contributed by atoms with E-state index in [1.165, 1.54) is 4.31 Å². The third kappa shape index (κ3) is 4.37. The van der Waals surface area contributed by atoms with E-state index in [1.807, 2.05) is 19.9 Å². The smallest absolute Gasteiger partial charge is 0.414 e. The van der Waals surface area contributed by atoms with Crippen LogP contribution in [0.15, 0.2) is 14.8 Å². The highest BCUT2D eigenvalue weighted by Gasteiger charge is 2.39. The molecule has 1 aliphatic heterocycles. The van der Waals surface area contributed by atoms with Gasteiger partial charge in [-0.3, -0.25) is 9.62 Å². The van der Waals surface area contributed by atoms with Gasteiger partial charge in [0.25, 0.3) is 0 Å². The maximum absolute atomic E-state index is 12.5. The number of nitrogens with one attached hydrogen (secondary N) is 1. The van der Waals surface area contributed by atoms with E-state index in [4.69, 9.17) is 4.74 Å². The molecule has 2 atom stereocenters. The van der Waals surface area contributed by atoms with Gasteiger partial charge >= 0.3 is 6.09 Å². The minimum atomic E-state index is -1.30. The number of thiophene rings is 1. The molecule has 0 fully saturated rings. The summed E-state index contributed by atoms with van der Waals surface area (Å²) in [6.45, 7) is 9.29. The molecule has 0 saturated carbocycles. The largest absolute Gasteiger partial charge is 0.444 e. The fraction of sp³-hybridized carbons (Fsp3) is 0.600. The Balaban J connectivity index is 2.35. The van der Waals surface area contributed by atoms with E-state index < -0.39 is 28.2 Å². The Morgan fingerprint density at radius 2 is 2.17 bits per heavy atom. The Bertz CT molecular complexity index is 711. The lowest BCUT2D eigenvalue weighted by Gasteiger charge is -2.35. The molecule has 1 aromatic heterocycles. The maximum Gasteiger partial charge on any atom is 0.414 e. The molecular formula is C15H22BrN3O3S2. The zero-order valence-corrected chi connectivity index (χ0v) is 17.8. The van der Waals surface area contributed by atoms with Gasteiger partial charge in [-0.15, -0.1) is 11.3 Å². The molecule has 134 valence electrons. The highest BCUT2D eigenvalue weighted by Crippen LogP contribution is 2.39. The number of halogens is 1. The van der Waals surface area contributed by atoms with E-state index in [1.54, 1.807) is 39.2 Å². The van der Waals surface area contributed by atoms with Crippen LogP contribution in [-0.2, 0) is 21.3 Å². The number of carbonyl (C=O) groups excluding carboxylic acids is 1. The lowest BCUT2D eigenvalue weighted by atomic mass is 10.0. The van der Waals surface area contributed by atoms with Crippen LogP contribution >= 0.6 is 27.3 Å². The van der Waals surface area contributed by atoms with Crippen LogP contribution in [0.2, 0.25) is 0 Å². The number of hydrogen-bond acceptors (Lipinski definition) is 5. The molecule has 0 spiro atoms. The second kappa shape index (κ2) is 6.76. The van der Waals surface area contributed by atoms with Crippen molar-refractivity contribution in [1.29, 1.82) is 0 Å². The number of rotatable bonds is 1. The van der Waals surface area contributed by atoms with Gasteiger partial charge in [0.1, 0.15) is 22.1 Å². The third-order valence-corrected chi connectivity index (χ3v) is 6.94. The minimum Gasteiger partial charge on any atom is -0.444 e. The zero-order chi connectivity index (χ0) is 18.3. The van der Waals surface area contributed by atoms with Crippen molar-refractivity contribution in [3.8, 4) is 0 Å². The van der Waals surface area contributed by atoms with Gasteiger partial charge in [0.15, 0.2) is 0 Å². The number of ether oxygens (including phenoxy) is 1. The Kier molecular flexibility index (Phi) is 5.46. The summed E-state index contributed by atoms with van der Waals surface area (Å²) >= 11 is 5.05. The van der Waals surface area contributed by atoms with Gasteiger partial charge in [-0.05, 0) is 62.2 Å². The predicted molar refractivity (Wildman–Crippen MR) is 102 cm³/mol. The maximum atomic E-state index is 12.5. The molecule has 0 aliphatic carbocycles. The molecule has 24 heavy (non-hydrogen) atoms. The van der Waals surface area contributed by atoms with Gasteiger partial charge in [-0.1, -0.05) is 0 Å². The summed E-state index contributed by atoms with van der Waals surface area (Å²) < 4.78 is 20.3. The first-order valence-corrected chi connectivity index (χ1v) is 10.3. The van der Waals surface area contributed by atoms with Crippen molar-refractivity contribution < 1.29 is 13.7 Å². The fourth-order valence-electron chi connectivity index (χ4n) is 2.37. The number of aliphatic imine (C=N–C) groups is 1. The lowest BCUT2D eigenvalue weighted by Crippen LogP contribution is -2.51. The first-order valence-electron chi connectivity index (χ1n) is 7.40. The van der Waals surface area contributed by atoms with Gasteiger partial charge in [0, 0.05) is 11.9 Å². The van der Waals surface area contributed by atoms with Crippen molar-refractivity contribution in [2.24, 2.45) is 4.99 Å². The standard InChI is InChI=1S/C15H22BrN3O3S2/c1-9-7-10(16)23-11(9)15(5)8-24(21)19(6)12(18-15)17-13(20)22-14(2,3)4/h7H,8H2,1-6H3,(H,17,18,20)/t15-,24?/m0/s1. The Morgan fingerprint density at radius 3 is 2.67 bits per heavy atom. The van der Waals surface area contributed by atoms with Gasteiger partial charge in [-0.2, -0.15) is 0 Å². The van der Waals surface area contributed by atoms with Crippen LogP contribution in [0.25, 0.3) is 0 Å². The van der Waals surface area contributed by atoms with E-state index in [0.717, 1.165) is 14.2 Å². The average Bonchev–Trinajstić information content (AvgIpc) is 2.73. The van der Waals surface area contributed by atoms with E-state index in [-0.39, 0.29) is 5.96 Å². The SMILES string of the molecule is Cc1cc(Br)sc1[C@]1(C)CS(=O)N(C)C(NC(=O)OC(C)(C)C)=N1. The molecule has 9 heteroatoms. The van der Waals surface area contributed by atoms with E-state index in [0.29, 0.717) is 5.75 Å². The van der Waals surface area contributed by atoms with Crippen molar-refractivity contribution >= 4 is 50.3 Å². The number of hydrogen-bond donors (Lipinski definition) is 1. The fourth-order valence-corrected chi connectivity index (χ4v) is 5.44. The second-order valence-corrected chi connectivity index (χ2v) is 10.8. The van der Waals surface area contributed by atoms with Crippen molar-refractivity contribution in [2.75, 3.05) is 12.8 Å². The molecule has 1 amide bonds. The molecule has 1 N–H and O–H groups in total. The Labute approximate surface area is 157 Å². The zero-order valence-electron chi connectivity index (χ0n) is 14.6. The summed E-state index contributed by atoms with van der Waals surface area (Å²) in [5, 5.41) is 2.62. The van der Waals surface area contributed by atoms with Crippen molar-refractivity contribution in [3.05, 3.63) is 20.3 Å². The van der Waals surface area contributed by atoms with Gasteiger partial charge in [0.2, 0.25) is 5.96 Å². The molecule has 1 aliphatic rings. The summed E-state index contributed by atoms with van der Waals surface area (Å²) in [7, 11) is 0.342. The molecule has 0 saturated heterocycles. The number of alkyl carbamates (subject to hydrolysis) is 1. The number of aryl methyl sites for hydroxylation is 1. The number of guanidine groups is 1. The summed E-state index contributed by atoms with van der Waals surface area (Å²) in [6, 6.07) is 2.02. The van der Waals surface area contributed by atoms with Gasteiger partial charge in [-0.25, -0.2) is 14.0 Å². The molecule has 1 unspecified atom stereocenters. The molecule has 2 rings (SSSR count). The minimum absolute atomic E-state index is 0.250. The summed E-state index contributed by atoms with van der Waals surface area (Å²) in [5.74, 6) is 0.608. The van der Waals surface area contributed by atoms with Crippen LogP contribution in [0.4, 0.5) is 4.79 Å². The quantitative estimate of drug-likeness (QED) is 0.732. The molecule has 6 nitrogen and oxygen atoms in total. The van der Waals surface area contributed by atoms with Crippen molar-refractivity contribution in [3.63, 3.8) is 0 Å². The normalized spacial score (nSPS) is 24.5. The van der Waals surface area contributed by atoms with Crippen LogP contribution in [0.5, 0.6) is 0 Å². The number of carbonyl (C=O) groups is 1. The van der Waals surface area contributed by atoms with Crippen LogP contribution in [-0.4, -0.2) is 39.0 Å². The third-order valence-electron chi connectivity index (χ3n) is 3.35. The van der Waals surface area contributed by atoms with E-state index in [9.17, 15) is 9.00 Å². The average molecular weight is 436 g/mol. The van der Waals surface area contributed by atoms with Gasteiger partial charge < -0.3 is 4.74 Å². The summed E-state index contributed by atoms with van der Waals surface area (Å²) in [5.41, 5.74) is -0.200. The number of nitrogens with zero attached hydrogens (tertiary/aromatic N) is 2. The van der Waals surface area contributed by atoms with E-state index in [2.05, 4.69) is 26.2 Å². The van der Waals surface area contributed by atoms with Gasteiger partial charge in [0.05, 0.1) is 9.54 Å². The Hall–Kier alpha value is -0.930. The monoisotopic (exact) mass is 435 g/mol. The topological polar surface area (TPSA) is 71.0 Å². The van der Waals surface area contributed by atoms with Crippen LogP contribution in [0.3, 0.4) is 0 Å². The predicted octanol–water partition coefficient (Wildman–Crippen LogP) is 3.52. The first-order chi connectivity index (χ1) is 10.9.